The summed E-state index contributed by atoms with van der Waals surface area (Å²) in [7, 11) is 1.92. The van der Waals surface area contributed by atoms with Gasteiger partial charge in [-0.2, -0.15) is 0 Å². The van der Waals surface area contributed by atoms with Crippen LogP contribution < -0.4 is 11.1 Å². The van der Waals surface area contributed by atoms with Gasteiger partial charge in [0.1, 0.15) is 11.4 Å². The first-order valence-corrected chi connectivity index (χ1v) is 10.7. The molecule has 0 radical (unpaired) electrons. The number of nitrogens with two attached hydrogens (primary N) is 1. The first kappa shape index (κ1) is 22.2. The molecule has 0 saturated carbocycles. The van der Waals surface area contributed by atoms with Crippen LogP contribution in [0.5, 0.6) is 0 Å². The van der Waals surface area contributed by atoms with E-state index in [0.717, 1.165) is 38.0 Å². The summed E-state index contributed by atoms with van der Waals surface area (Å²) in [6.45, 7) is 5.92. The van der Waals surface area contributed by atoms with E-state index in [-0.39, 0.29) is 5.60 Å². The highest BCUT2D eigenvalue weighted by Crippen LogP contribution is 2.41. The predicted octanol–water partition coefficient (Wildman–Crippen LogP) is 5.61. The Labute approximate surface area is 186 Å². The average molecular weight is 435 g/mol. The predicted molar refractivity (Wildman–Crippen MR) is 129 cm³/mol. The van der Waals surface area contributed by atoms with Crippen molar-refractivity contribution < 1.29 is 9.53 Å². The molecular formula is C24H26N4O2S. The molecule has 6 nitrogen and oxygen atoms in total. The SMILES string of the molecule is CC(C)(C)OC=O.CNc1cccc(-c2csc3c(-c4cccnc4)cnc(N)c23)c1. The number of carbonyl (C=O) groups excluding carboxylic acids is 1. The highest BCUT2D eigenvalue weighted by Gasteiger charge is 2.15. The quantitative estimate of drug-likeness (QED) is 0.406. The van der Waals surface area contributed by atoms with E-state index in [0.29, 0.717) is 12.3 Å². The largest absolute Gasteiger partial charge is 0.462 e. The standard InChI is InChI=1S/C19H16N4S.C5H10O2/c1-21-14-6-2-4-12(8-14)16-11-24-18-15(10-23-19(20)17(16)18)13-5-3-7-22-9-13;1-5(2,3)7-4-6/h2-11,21H,1H3,(H2,20,23);4H,1-3H3. The molecule has 0 saturated heterocycles. The zero-order chi connectivity index (χ0) is 22.4. The third-order valence-electron chi connectivity index (χ3n) is 4.46. The summed E-state index contributed by atoms with van der Waals surface area (Å²) in [5.41, 5.74) is 11.3. The van der Waals surface area contributed by atoms with Gasteiger partial charge in [-0.25, -0.2) is 4.98 Å². The van der Waals surface area contributed by atoms with Gasteiger partial charge < -0.3 is 15.8 Å². The van der Waals surface area contributed by atoms with E-state index in [1.54, 1.807) is 17.5 Å². The first-order chi connectivity index (χ1) is 14.8. The second kappa shape index (κ2) is 9.57. The van der Waals surface area contributed by atoms with Crippen molar-refractivity contribution in [1.82, 2.24) is 9.97 Å². The summed E-state index contributed by atoms with van der Waals surface area (Å²) < 4.78 is 5.69. The van der Waals surface area contributed by atoms with Gasteiger partial charge in [-0.05, 0) is 49.9 Å². The number of anilines is 2. The summed E-state index contributed by atoms with van der Waals surface area (Å²) >= 11 is 1.69. The van der Waals surface area contributed by atoms with Crippen LogP contribution in [-0.4, -0.2) is 29.1 Å². The number of fused-ring (bicyclic) bond motifs is 1. The Kier molecular flexibility index (Phi) is 6.87. The monoisotopic (exact) mass is 434 g/mol. The fraction of sp³-hybridized carbons (Fsp3) is 0.208. The Morgan fingerprint density at radius 2 is 1.87 bits per heavy atom. The molecule has 0 spiro atoms. The number of thiophene rings is 1. The molecule has 0 aliphatic rings. The molecule has 4 aromatic rings. The van der Waals surface area contributed by atoms with Gasteiger partial charge in [0.15, 0.2) is 0 Å². The zero-order valence-corrected chi connectivity index (χ0v) is 18.9. The van der Waals surface area contributed by atoms with Crippen LogP contribution in [0.3, 0.4) is 0 Å². The molecule has 3 heterocycles. The Bertz CT molecular complexity index is 1170. The van der Waals surface area contributed by atoms with Gasteiger partial charge in [-0.15, -0.1) is 11.3 Å². The number of nitrogens with one attached hydrogen (secondary N) is 1. The third kappa shape index (κ3) is 5.38. The normalized spacial score (nSPS) is 10.8. The summed E-state index contributed by atoms with van der Waals surface area (Å²) in [5, 5.41) is 6.34. The zero-order valence-electron chi connectivity index (χ0n) is 18.0. The van der Waals surface area contributed by atoms with Gasteiger partial charge in [0.2, 0.25) is 0 Å². The molecule has 0 atom stereocenters. The van der Waals surface area contributed by atoms with Crippen LogP contribution in [0.1, 0.15) is 20.8 Å². The number of nitrogen functional groups attached to an aromatic ring is 1. The Balaban J connectivity index is 0.000000339. The van der Waals surface area contributed by atoms with Gasteiger partial charge in [0.05, 0.1) is 0 Å². The number of benzene rings is 1. The number of carbonyl (C=O) groups is 1. The topological polar surface area (TPSA) is 90.1 Å². The van der Waals surface area contributed by atoms with Crippen LogP contribution >= 0.6 is 11.3 Å². The lowest BCUT2D eigenvalue weighted by molar-refractivity contribution is -0.138. The van der Waals surface area contributed by atoms with Gasteiger partial charge in [0, 0.05) is 58.1 Å². The van der Waals surface area contributed by atoms with Crippen molar-refractivity contribution in [3.8, 4) is 22.3 Å². The maximum atomic E-state index is 9.60. The van der Waals surface area contributed by atoms with Gasteiger partial charge in [-0.1, -0.05) is 18.2 Å². The molecule has 0 aliphatic heterocycles. The average Bonchev–Trinajstić information content (AvgIpc) is 3.20. The molecule has 0 unspecified atom stereocenters. The van der Waals surface area contributed by atoms with Crippen LogP contribution in [0.2, 0.25) is 0 Å². The van der Waals surface area contributed by atoms with Crippen LogP contribution in [-0.2, 0) is 9.53 Å². The lowest BCUT2D eigenvalue weighted by Crippen LogP contribution is -2.17. The summed E-state index contributed by atoms with van der Waals surface area (Å²) in [4.78, 5) is 18.2. The fourth-order valence-corrected chi connectivity index (χ4v) is 4.11. The minimum Gasteiger partial charge on any atom is -0.462 e. The lowest BCUT2D eigenvalue weighted by atomic mass is 10.0. The molecule has 0 bridgehead atoms. The number of rotatable bonds is 4. The van der Waals surface area contributed by atoms with Crippen molar-refractivity contribution in [1.29, 1.82) is 0 Å². The maximum absolute atomic E-state index is 9.60. The molecular weight excluding hydrogens is 408 g/mol. The van der Waals surface area contributed by atoms with Crippen molar-refractivity contribution in [3.63, 3.8) is 0 Å². The van der Waals surface area contributed by atoms with Crippen molar-refractivity contribution in [2.75, 3.05) is 18.1 Å². The van der Waals surface area contributed by atoms with Crippen LogP contribution in [0, 0.1) is 0 Å². The Hall–Kier alpha value is -3.45. The number of aromatic nitrogens is 2. The van der Waals surface area contributed by atoms with Crippen LogP contribution in [0.15, 0.2) is 60.4 Å². The van der Waals surface area contributed by atoms with Gasteiger partial charge >= 0.3 is 0 Å². The lowest BCUT2D eigenvalue weighted by Gasteiger charge is -2.14. The third-order valence-corrected chi connectivity index (χ3v) is 5.47. The molecule has 7 heteroatoms. The molecule has 0 amide bonds. The number of hydrogen-bond acceptors (Lipinski definition) is 7. The van der Waals surface area contributed by atoms with Gasteiger partial charge in [-0.3, -0.25) is 9.78 Å². The van der Waals surface area contributed by atoms with E-state index in [1.807, 2.05) is 64.5 Å². The van der Waals surface area contributed by atoms with E-state index in [9.17, 15) is 4.79 Å². The minimum atomic E-state index is -0.318. The summed E-state index contributed by atoms with van der Waals surface area (Å²) in [6, 6.07) is 12.3. The molecule has 3 aromatic heterocycles. The summed E-state index contributed by atoms with van der Waals surface area (Å²) in [6.07, 6.45) is 5.46. The second-order valence-corrected chi connectivity index (χ2v) is 8.69. The smallest absolute Gasteiger partial charge is 0.293 e. The Morgan fingerprint density at radius 1 is 1.10 bits per heavy atom. The van der Waals surface area contributed by atoms with Crippen molar-refractivity contribution in [3.05, 3.63) is 60.4 Å². The molecule has 4 rings (SSSR count). The van der Waals surface area contributed by atoms with E-state index in [1.165, 1.54) is 0 Å². The molecule has 3 N–H and O–H groups in total. The second-order valence-electron chi connectivity index (χ2n) is 7.81. The number of ether oxygens (including phenoxy) is 1. The van der Waals surface area contributed by atoms with Crippen LogP contribution in [0.25, 0.3) is 32.3 Å². The number of pyridine rings is 2. The number of hydrogen-bond donors (Lipinski definition) is 2. The molecule has 160 valence electrons. The molecule has 0 fully saturated rings. The van der Waals surface area contributed by atoms with Gasteiger partial charge in [0.25, 0.3) is 6.47 Å². The van der Waals surface area contributed by atoms with E-state index < -0.39 is 0 Å². The highest BCUT2D eigenvalue weighted by molar-refractivity contribution is 7.18. The molecule has 1 aromatic carbocycles. The highest BCUT2D eigenvalue weighted by atomic mass is 32.1. The van der Waals surface area contributed by atoms with Crippen LogP contribution in [0.4, 0.5) is 11.5 Å². The Morgan fingerprint density at radius 3 is 2.48 bits per heavy atom. The fourth-order valence-electron chi connectivity index (χ4n) is 2.99. The maximum Gasteiger partial charge on any atom is 0.293 e. The van der Waals surface area contributed by atoms with E-state index in [4.69, 9.17) is 5.73 Å². The minimum absolute atomic E-state index is 0.318. The summed E-state index contributed by atoms with van der Waals surface area (Å²) in [5.74, 6) is 0.559. The van der Waals surface area contributed by atoms with E-state index >= 15 is 0 Å². The van der Waals surface area contributed by atoms with E-state index in [2.05, 4.69) is 37.5 Å². The first-order valence-electron chi connectivity index (χ1n) is 9.79. The van der Waals surface area contributed by atoms with Crippen molar-refractivity contribution in [2.45, 2.75) is 26.4 Å². The molecule has 0 aliphatic carbocycles. The van der Waals surface area contributed by atoms with Crippen molar-refractivity contribution in [2.24, 2.45) is 0 Å². The molecule has 31 heavy (non-hydrogen) atoms. The number of nitrogens with zero attached hydrogens (tertiary/aromatic N) is 2. The van der Waals surface area contributed by atoms with Crippen molar-refractivity contribution >= 4 is 39.4 Å².